The van der Waals surface area contributed by atoms with Crippen LogP contribution in [0.2, 0.25) is 0 Å². The summed E-state index contributed by atoms with van der Waals surface area (Å²) in [6, 6.07) is 10.2. The van der Waals surface area contributed by atoms with Crippen molar-refractivity contribution in [2.24, 2.45) is 7.05 Å². The Morgan fingerprint density at radius 1 is 1.29 bits per heavy atom. The molecule has 1 atom stereocenters. The van der Waals surface area contributed by atoms with Gasteiger partial charge in [-0.3, -0.25) is 14.0 Å². The minimum absolute atomic E-state index is 0.0383. The zero-order chi connectivity index (χ0) is 23.8. The highest BCUT2D eigenvalue weighted by Crippen LogP contribution is 2.31. The summed E-state index contributed by atoms with van der Waals surface area (Å²) in [5.74, 6) is -0.448. The maximum absolute atomic E-state index is 14.5. The van der Waals surface area contributed by atoms with Gasteiger partial charge in [0.25, 0.3) is 5.91 Å². The second kappa shape index (κ2) is 8.72. The van der Waals surface area contributed by atoms with Crippen molar-refractivity contribution in [3.63, 3.8) is 0 Å². The van der Waals surface area contributed by atoms with Gasteiger partial charge in [-0.1, -0.05) is 12.1 Å². The minimum atomic E-state index is -0.623. The maximum Gasteiger partial charge on any atom is 0.272 e. The fraction of sp³-hybridized carbons (Fsp3) is 0.280. The third-order valence-electron chi connectivity index (χ3n) is 6.14. The van der Waals surface area contributed by atoms with Crippen LogP contribution in [-0.2, 0) is 7.05 Å². The third kappa shape index (κ3) is 3.93. The molecule has 0 bridgehead atoms. The number of nitrogens with one attached hydrogen (secondary N) is 2. The number of aromatic nitrogens is 4. The number of amides is 1. The first-order chi connectivity index (χ1) is 16.4. The molecular weight excluding hydrogens is 433 g/mol. The molecule has 4 aromatic rings. The van der Waals surface area contributed by atoms with Crippen LogP contribution in [0, 0.1) is 19.3 Å². The molecule has 2 aromatic heterocycles. The smallest absolute Gasteiger partial charge is 0.272 e. The molecule has 0 aliphatic carbocycles. The molecule has 8 nitrogen and oxygen atoms in total. The predicted octanol–water partition coefficient (Wildman–Crippen LogP) is 3.91. The number of benzene rings is 2. The van der Waals surface area contributed by atoms with Crippen LogP contribution in [0.4, 0.5) is 10.1 Å². The summed E-state index contributed by atoms with van der Waals surface area (Å²) < 4.78 is 18.1. The van der Waals surface area contributed by atoms with E-state index in [1.165, 1.54) is 12.1 Å². The minimum Gasteiger partial charge on any atom is -0.347 e. The Balaban J connectivity index is 1.63. The number of fused-ring (bicyclic) bond motifs is 1. The lowest BCUT2D eigenvalue weighted by Gasteiger charge is -2.23. The molecule has 34 heavy (non-hydrogen) atoms. The topological polar surface area (TPSA) is 81.1 Å². The summed E-state index contributed by atoms with van der Waals surface area (Å²) in [7, 11) is 1.86. The summed E-state index contributed by atoms with van der Waals surface area (Å²) in [6.45, 7) is 10.6. The molecule has 1 saturated heterocycles. The zero-order valence-electron chi connectivity index (χ0n) is 19.0. The lowest BCUT2D eigenvalue weighted by atomic mass is 10.1. The van der Waals surface area contributed by atoms with Gasteiger partial charge in [-0.2, -0.15) is 5.10 Å². The molecule has 1 amide bonds. The van der Waals surface area contributed by atoms with Crippen LogP contribution in [0.3, 0.4) is 0 Å². The second-order valence-corrected chi connectivity index (χ2v) is 8.55. The quantitative estimate of drug-likeness (QED) is 0.456. The molecule has 0 spiro atoms. The maximum atomic E-state index is 14.5. The Labute approximate surface area is 196 Å². The number of aryl methyl sites for hydroxylation is 1. The lowest BCUT2D eigenvalue weighted by Crippen LogP contribution is -2.45. The van der Waals surface area contributed by atoms with Crippen molar-refractivity contribution in [2.45, 2.75) is 25.8 Å². The Hall–Kier alpha value is -4.03. The first-order valence-electron chi connectivity index (χ1n) is 11.2. The molecule has 0 radical (unpaired) electrons. The van der Waals surface area contributed by atoms with E-state index in [1.54, 1.807) is 10.7 Å². The van der Waals surface area contributed by atoms with Crippen molar-refractivity contribution in [3.8, 4) is 17.1 Å². The number of carbonyl (C=O) groups is 1. The molecule has 1 aliphatic rings. The van der Waals surface area contributed by atoms with Crippen LogP contribution < -0.4 is 10.6 Å². The third-order valence-corrected chi connectivity index (χ3v) is 6.14. The van der Waals surface area contributed by atoms with Gasteiger partial charge in [0, 0.05) is 42.5 Å². The highest BCUT2D eigenvalue weighted by atomic mass is 19.1. The highest BCUT2D eigenvalue weighted by molar-refractivity contribution is 5.95. The number of piperidine rings is 1. The molecule has 2 aromatic carbocycles. The Morgan fingerprint density at radius 3 is 2.88 bits per heavy atom. The molecule has 3 heterocycles. The average Bonchev–Trinajstić information content (AvgIpc) is 3.37. The fourth-order valence-corrected chi connectivity index (χ4v) is 4.47. The van der Waals surface area contributed by atoms with Gasteiger partial charge < -0.3 is 10.6 Å². The van der Waals surface area contributed by atoms with Crippen molar-refractivity contribution >= 4 is 22.5 Å². The summed E-state index contributed by atoms with van der Waals surface area (Å²) in [4.78, 5) is 21.1. The van der Waals surface area contributed by atoms with Gasteiger partial charge in [-0.05, 0) is 50.6 Å². The van der Waals surface area contributed by atoms with E-state index in [4.69, 9.17) is 6.57 Å². The first kappa shape index (κ1) is 21.8. The van der Waals surface area contributed by atoms with E-state index in [0.717, 1.165) is 42.5 Å². The summed E-state index contributed by atoms with van der Waals surface area (Å²) in [6.07, 6.45) is 3.83. The van der Waals surface area contributed by atoms with E-state index >= 15 is 0 Å². The van der Waals surface area contributed by atoms with Gasteiger partial charge in [-0.15, -0.1) is 0 Å². The molecule has 172 valence electrons. The molecule has 1 aliphatic heterocycles. The van der Waals surface area contributed by atoms with Gasteiger partial charge in [0.2, 0.25) is 5.69 Å². The normalized spacial score (nSPS) is 15.9. The fourth-order valence-electron chi connectivity index (χ4n) is 4.47. The molecular formula is C25H24FN7O. The molecule has 5 rings (SSSR count). The average molecular weight is 458 g/mol. The Bertz CT molecular complexity index is 1440. The van der Waals surface area contributed by atoms with Crippen LogP contribution in [0.15, 0.2) is 42.6 Å². The SMILES string of the molecule is [C-]#[N+]c1ccc(-c2nc(C(=O)NC3CCCNC3)c(C)n2-c2ccc3nn(C)cc3c2)cc1F. The van der Waals surface area contributed by atoms with Crippen molar-refractivity contribution in [2.75, 3.05) is 13.1 Å². The number of hydrogen-bond acceptors (Lipinski definition) is 4. The van der Waals surface area contributed by atoms with Crippen LogP contribution in [-0.4, -0.2) is 44.4 Å². The molecule has 1 unspecified atom stereocenters. The van der Waals surface area contributed by atoms with E-state index in [2.05, 4.69) is 25.6 Å². The number of rotatable bonds is 4. The summed E-state index contributed by atoms with van der Waals surface area (Å²) in [5.41, 5.74) is 3.00. The predicted molar refractivity (Wildman–Crippen MR) is 128 cm³/mol. The number of halogens is 1. The summed E-state index contributed by atoms with van der Waals surface area (Å²) in [5, 5.41) is 11.7. The van der Waals surface area contributed by atoms with E-state index in [1.807, 2.05) is 42.9 Å². The van der Waals surface area contributed by atoms with Gasteiger partial charge in [0.1, 0.15) is 17.3 Å². The number of carbonyl (C=O) groups excluding carboxylic acids is 1. The number of imidazole rings is 1. The van der Waals surface area contributed by atoms with Gasteiger partial charge in [0.15, 0.2) is 0 Å². The van der Waals surface area contributed by atoms with Crippen molar-refractivity contribution in [1.82, 2.24) is 30.0 Å². The Morgan fingerprint density at radius 2 is 2.15 bits per heavy atom. The van der Waals surface area contributed by atoms with Crippen LogP contribution in [0.5, 0.6) is 0 Å². The van der Waals surface area contributed by atoms with Crippen molar-refractivity contribution < 1.29 is 9.18 Å². The van der Waals surface area contributed by atoms with Crippen molar-refractivity contribution in [3.05, 3.63) is 71.2 Å². The highest BCUT2D eigenvalue weighted by Gasteiger charge is 2.25. The van der Waals surface area contributed by atoms with E-state index < -0.39 is 5.82 Å². The van der Waals surface area contributed by atoms with Crippen LogP contribution >= 0.6 is 0 Å². The second-order valence-electron chi connectivity index (χ2n) is 8.55. The largest absolute Gasteiger partial charge is 0.347 e. The number of nitrogens with zero attached hydrogens (tertiary/aromatic N) is 5. The standard InChI is InChI=1S/C25H24FN7O/c1-15-23(25(34)29-18-5-4-10-28-13-18)30-24(16-6-8-22(27-2)20(26)12-16)33(15)19-7-9-21-17(11-19)14-32(3)31-21/h6-9,11-12,14,18,28H,4-5,10,13H2,1,3H3,(H,29,34). The summed E-state index contributed by atoms with van der Waals surface area (Å²) >= 11 is 0. The van der Waals surface area contributed by atoms with Gasteiger partial charge >= 0.3 is 0 Å². The van der Waals surface area contributed by atoms with Crippen LogP contribution in [0.25, 0.3) is 32.8 Å². The van der Waals surface area contributed by atoms with E-state index in [0.29, 0.717) is 22.8 Å². The molecule has 2 N–H and O–H groups in total. The lowest BCUT2D eigenvalue weighted by molar-refractivity contribution is 0.0925. The molecule has 9 heteroatoms. The van der Waals surface area contributed by atoms with Gasteiger partial charge in [0.05, 0.1) is 17.8 Å². The van der Waals surface area contributed by atoms with Gasteiger partial charge in [-0.25, -0.2) is 14.2 Å². The van der Waals surface area contributed by atoms with Crippen LogP contribution in [0.1, 0.15) is 29.0 Å². The number of hydrogen-bond donors (Lipinski definition) is 2. The van der Waals surface area contributed by atoms with E-state index in [-0.39, 0.29) is 17.6 Å². The first-order valence-corrected chi connectivity index (χ1v) is 11.2. The van der Waals surface area contributed by atoms with Crippen molar-refractivity contribution in [1.29, 1.82) is 0 Å². The van der Waals surface area contributed by atoms with E-state index in [9.17, 15) is 9.18 Å². The zero-order valence-corrected chi connectivity index (χ0v) is 19.0. The monoisotopic (exact) mass is 457 g/mol. The molecule has 1 fully saturated rings. The Kier molecular flexibility index (Phi) is 5.59. The molecule has 0 saturated carbocycles.